The minimum atomic E-state index is -0.621. The number of nitrogens with one attached hydrogen (secondary N) is 2. The second-order valence-corrected chi connectivity index (χ2v) is 6.80. The summed E-state index contributed by atoms with van der Waals surface area (Å²) in [4.78, 5) is 41.3. The number of amides is 2. The second kappa shape index (κ2) is 9.09. The third-order valence-corrected chi connectivity index (χ3v) is 4.76. The monoisotopic (exact) mass is 397 g/mol. The summed E-state index contributed by atoms with van der Waals surface area (Å²) in [5.74, 6) is -1.47. The fourth-order valence-corrected chi connectivity index (χ4v) is 3.28. The van der Waals surface area contributed by atoms with E-state index in [4.69, 9.17) is 4.74 Å². The van der Waals surface area contributed by atoms with E-state index in [9.17, 15) is 14.4 Å². The van der Waals surface area contributed by atoms with Gasteiger partial charge in [0, 0.05) is 11.9 Å². The molecule has 144 valence electrons. The molecule has 0 radical (unpaired) electrons. The predicted molar refractivity (Wildman–Crippen MR) is 107 cm³/mol. The standard InChI is InChI=1S/C20H19N3O4S/c1-2-21-18(24)11-22-19(25)12-27-20(26)14-10-16(17-8-5-9-28-17)23-15-7-4-3-6-13(14)15/h3-10H,2,11-12H2,1H3,(H,21,24)(H,22,25). The Morgan fingerprint density at radius 2 is 1.89 bits per heavy atom. The van der Waals surface area contributed by atoms with Crippen molar-refractivity contribution in [3.05, 3.63) is 53.4 Å². The van der Waals surface area contributed by atoms with Gasteiger partial charge in [0.15, 0.2) is 6.61 Å². The van der Waals surface area contributed by atoms with Crippen LogP contribution in [0.3, 0.4) is 0 Å². The molecule has 0 aliphatic carbocycles. The van der Waals surface area contributed by atoms with Crippen LogP contribution in [0.15, 0.2) is 47.8 Å². The molecule has 8 heteroatoms. The number of benzene rings is 1. The van der Waals surface area contributed by atoms with Gasteiger partial charge in [-0.25, -0.2) is 9.78 Å². The van der Waals surface area contributed by atoms with E-state index in [1.54, 1.807) is 19.1 Å². The molecule has 28 heavy (non-hydrogen) atoms. The lowest BCUT2D eigenvalue weighted by Gasteiger charge is -2.10. The summed E-state index contributed by atoms with van der Waals surface area (Å²) in [7, 11) is 0. The van der Waals surface area contributed by atoms with Gasteiger partial charge in [-0.1, -0.05) is 24.3 Å². The molecule has 0 atom stereocenters. The molecule has 1 aromatic carbocycles. The van der Waals surface area contributed by atoms with Crippen LogP contribution < -0.4 is 10.6 Å². The maximum absolute atomic E-state index is 12.6. The molecule has 0 fully saturated rings. The fourth-order valence-electron chi connectivity index (χ4n) is 2.59. The Morgan fingerprint density at radius 1 is 1.07 bits per heavy atom. The summed E-state index contributed by atoms with van der Waals surface area (Å²) in [6.07, 6.45) is 0. The second-order valence-electron chi connectivity index (χ2n) is 5.86. The number of likely N-dealkylation sites (N-methyl/N-ethyl adjacent to an activating group) is 1. The van der Waals surface area contributed by atoms with Crippen molar-refractivity contribution in [2.45, 2.75) is 6.92 Å². The summed E-state index contributed by atoms with van der Waals surface area (Å²) >= 11 is 1.52. The van der Waals surface area contributed by atoms with E-state index >= 15 is 0 Å². The van der Waals surface area contributed by atoms with Crippen LogP contribution in [0, 0.1) is 0 Å². The van der Waals surface area contributed by atoms with Gasteiger partial charge in [-0.15, -0.1) is 11.3 Å². The molecular formula is C20H19N3O4S. The van der Waals surface area contributed by atoms with Gasteiger partial charge in [0.1, 0.15) is 0 Å². The highest BCUT2D eigenvalue weighted by Crippen LogP contribution is 2.28. The largest absolute Gasteiger partial charge is 0.452 e. The van der Waals surface area contributed by atoms with E-state index in [-0.39, 0.29) is 12.5 Å². The number of nitrogens with zero attached hydrogens (tertiary/aromatic N) is 1. The number of ether oxygens (including phenoxy) is 1. The quantitative estimate of drug-likeness (QED) is 0.597. The Morgan fingerprint density at radius 3 is 2.64 bits per heavy atom. The summed E-state index contributed by atoms with van der Waals surface area (Å²) in [6, 6.07) is 12.8. The number of thiophene rings is 1. The smallest absolute Gasteiger partial charge is 0.339 e. The number of carbonyl (C=O) groups is 3. The van der Waals surface area contributed by atoms with Crippen molar-refractivity contribution in [3.63, 3.8) is 0 Å². The number of para-hydroxylation sites is 1. The Labute approximate surface area is 165 Å². The predicted octanol–water partition coefficient (Wildman–Crippen LogP) is 2.37. The maximum atomic E-state index is 12.6. The third kappa shape index (κ3) is 4.72. The Balaban J connectivity index is 1.74. The number of aromatic nitrogens is 1. The molecule has 2 heterocycles. The first kappa shape index (κ1) is 19.5. The van der Waals surface area contributed by atoms with E-state index < -0.39 is 18.5 Å². The maximum Gasteiger partial charge on any atom is 0.339 e. The van der Waals surface area contributed by atoms with Crippen LogP contribution in [-0.4, -0.2) is 42.5 Å². The molecule has 0 saturated carbocycles. The number of hydrogen-bond donors (Lipinski definition) is 2. The lowest BCUT2D eigenvalue weighted by atomic mass is 10.1. The number of hydrogen-bond acceptors (Lipinski definition) is 6. The fraction of sp³-hybridized carbons (Fsp3) is 0.200. The number of rotatable bonds is 7. The van der Waals surface area contributed by atoms with Crippen molar-refractivity contribution >= 4 is 40.0 Å². The van der Waals surface area contributed by atoms with Crippen molar-refractivity contribution in [2.75, 3.05) is 19.7 Å². The molecule has 2 amide bonds. The zero-order valence-corrected chi connectivity index (χ0v) is 16.0. The van der Waals surface area contributed by atoms with Gasteiger partial charge in [0.05, 0.1) is 28.2 Å². The first-order chi connectivity index (χ1) is 13.6. The molecule has 3 aromatic rings. The molecule has 2 aromatic heterocycles. The molecule has 7 nitrogen and oxygen atoms in total. The van der Waals surface area contributed by atoms with Gasteiger partial charge in [-0.2, -0.15) is 0 Å². The Kier molecular flexibility index (Phi) is 6.33. The van der Waals surface area contributed by atoms with E-state index in [1.165, 1.54) is 11.3 Å². The highest BCUT2D eigenvalue weighted by molar-refractivity contribution is 7.13. The van der Waals surface area contributed by atoms with E-state index in [0.29, 0.717) is 28.7 Å². The molecule has 0 aliphatic heterocycles. The van der Waals surface area contributed by atoms with Crippen LogP contribution in [-0.2, 0) is 14.3 Å². The van der Waals surface area contributed by atoms with Crippen LogP contribution in [0.5, 0.6) is 0 Å². The SMILES string of the molecule is CCNC(=O)CNC(=O)COC(=O)c1cc(-c2cccs2)nc2ccccc12. The van der Waals surface area contributed by atoms with Gasteiger partial charge < -0.3 is 15.4 Å². The van der Waals surface area contributed by atoms with Gasteiger partial charge in [-0.05, 0) is 30.5 Å². The Bertz CT molecular complexity index is 1000. The van der Waals surface area contributed by atoms with Gasteiger partial charge in [0.25, 0.3) is 5.91 Å². The summed E-state index contributed by atoms with van der Waals surface area (Å²) < 4.78 is 5.16. The highest BCUT2D eigenvalue weighted by Gasteiger charge is 2.17. The van der Waals surface area contributed by atoms with E-state index in [2.05, 4.69) is 15.6 Å². The number of pyridine rings is 1. The first-order valence-electron chi connectivity index (χ1n) is 8.72. The molecule has 3 rings (SSSR count). The van der Waals surface area contributed by atoms with Crippen molar-refractivity contribution in [1.82, 2.24) is 15.6 Å². The summed E-state index contributed by atoms with van der Waals surface area (Å²) in [6.45, 7) is 1.63. The number of esters is 1. The molecule has 0 aliphatic rings. The van der Waals surface area contributed by atoms with Crippen molar-refractivity contribution in [1.29, 1.82) is 0 Å². The molecule has 0 spiro atoms. The lowest BCUT2D eigenvalue weighted by molar-refractivity contribution is -0.127. The molecule has 0 bridgehead atoms. The van der Waals surface area contributed by atoms with Gasteiger partial charge in [0.2, 0.25) is 5.91 Å². The summed E-state index contributed by atoms with van der Waals surface area (Å²) in [5, 5.41) is 7.55. The molecule has 2 N–H and O–H groups in total. The van der Waals surface area contributed by atoms with Crippen molar-refractivity contribution in [2.24, 2.45) is 0 Å². The summed E-state index contributed by atoms with van der Waals surface area (Å²) in [5.41, 5.74) is 1.67. The van der Waals surface area contributed by atoms with E-state index in [1.807, 2.05) is 35.7 Å². The first-order valence-corrected chi connectivity index (χ1v) is 9.60. The minimum absolute atomic E-state index is 0.162. The topological polar surface area (TPSA) is 97.4 Å². The lowest BCUT2D eigenvalue weighted by Crippen LogP contribution is -2.38. The zero-order valence-electron chi connectivity index (χ0n) is 15.2. The van der Waals surface area contributed by atoms with Crippen LogP contribution in [0.2, 0.25) is 0 Å². The third-order valence-electron chi connectivity index (χ3n) is 3.86. The zero-order chi connectivity index (χ0) is 19.9. The minimum Gasteiger partial charge on any atom is -0.452 e. The highest BCUT2D eigenvalue weighted by atomic mass is 32.1. The van der Waals surface area contributed by atoms with Crippen LogP contribution in [0.4, 0.5) is 0 Å². The van der Waals surface area contributed by atoms with Gasteiger partial charge in [-0.3, -0.25) is 9.59 Å². The Hall–Kier alpha value is -3.26. The van der Waals surface area contributed by atoms with Crippen LogP contribution >= 0.6 is 11.3 Å². The average molecular weight is 397 g/mol. The normalized spacial score (nSPS) is 10.5. The van der Waals surface area contributed by atoms with Crippen molar-refractivity contribution < 1.29 is 19.1 Å². The average Bonchev–Trinajstić information content (AvgIpc) is 3.24. The van der Waals surface area contributed by atoms with Gasteiger partial charge >= 0.3 is 5.97 Å². The molecular weight excluding hydrogens is 378 g/mol. The van der Waals surface area contributed by atoms with Crippen LogP contribution in [0.1, 0.15) is 17.3 Å². The number of fused-ring (bicyclic) bond motifs is 1. The number of carbonyl (C=O) groups excluding carboxylic acids is 3. The molecule has 0 unspecified atom stereocenters. The van der Waals surface area contributed by atoms with Crippen LogP contribution in [0.25, 0.3) is 21.5 Å². The van der Waals surface area contributed by atoms with E-state index in [0.717, 1.165) is 4.88 Å². The molecule has 0 saturated heterocycles. The van der Waals surface area contributed by atoms with Crippen molar-refractivity contribution in [3.8, 4) is 10.6 Å².